The van der Waals surface area contributed by atoms with Gasteiger partial charge in [-0.3, -0.25) is 9.89 Å². The van der Waals surface area contributed by atoms with Crippen molar-refractivity contribution >= 4 is 11.9 Å². The lowest BCUT2D eigenvalue weighted by Gasteiger charge is -2.31. The number of nitrogens with one attached hydrogen (secondary N) is 1. The van der Waals surface area contributed by atoms with Gasteiger partial charge in [0.1, 0.15) is 5.54 Å². The van der Waals surface area contributed by atoms with Crippen molar-refractivity contribution in [3.05, 3.63) is 17.0 Å². The van der Waals surface area contributed by atoms with Gasteiger partial charge in [0.25, 0.3) is 0 Å². The van der Waals surface area contributed by atoms with Gasteiger partial charge in [0.2, 0.25) is 5.91 Å². The lowest BCUT2D eigenvalue weighted by atomic mass is 9.98. The standard InChI is InChI=1S/C13H19N3O3/c1-8-10(9(2)15-14-8)7-11(17)16-6-4-5-13(16,3)12(18)19/h4-7H2,1-3H3,(H,14,15)(H,18,19). The lowest BCUT2D eigenvalue weighted by molar-refractivity contribution is -0.155. The molecule has 1 atom stereocenters. The van der Waals surface area contributed by atoms with Gasteiger partial charge in [-0.1, -0.05) is 0 Å². The van der Waals surface area contributed by atoms with Crippen LogP contribution in [0.4, 0.5) is 0 Å². The minimum Gasteiger partial charge on any atom is -0.480 e. The van der Waals surface area contributed by atoms with Crippen LogP contribution < -0.4 is 0 Å². The monoisotopic (exact) mass is 265 g/mol. The van der Waals surface area contributed by atoms with Crippen molar-refractivity contribution in [2.75, 3.05) is 6.54 Å². The Balaban J connectivity index is 2.19. The van der Waals surface area contributed by atoms with Gasteiger partial charge in [0.15, 0.2) is 0 Å². The van der Waals surface area contributed by atoms with Crippen LogP contribution in [0.3, 0.4) is 0 Å². The number of nitrogens with zero attached hydrogens (tertiary/aromatic N) is 2. The number of aliphatic carboxylic acids is 1. The molecule has 19 heavy (non-hydrogen) atoms. The van der Waals surface area contributed by atoms with Crippen molar-refractivity contribution in [3.8, 4) is 0 Å². The number of aromatic nitrogens is 2. The minimum absolute atomic E-state index is 0.144. The predicted octanol–water partition coefficient (Wildman–Crippen LogP) is 1.03. The number of carbonyl (C=O) groups excluding carboxylic acids is 1. The fraction of sp³-hybridized carbons (Fsp3) is 0.615. The Kier molecular flexibility index (Phi) is 3.34. The zero-order chi connectivity index (χ0) is 14.2. The summed E-state index contributed by atoms with van der Waals surface area (Å²) in [4.78, 5) is 25.2. The molecule has 1 aliphatic rings. The Hall–Kier alpha value is -1.85. The summed E-state index contributed by atoms with van der Waals surface area (Å²) in [5.41, 5.74) is 1.46. The maximum Gasteiger partial charge on any atom is 0.329 e. The highest BCUT2D eigenvalue weighted by Gasteiger charge is 2.45. The zero-order valence-corrected chi connectivity index (χ0v) is 11.5. The topological polar surface area (TPSA) is 86.3 Å². The Morgan fingerprint density at radius 2 is 2.16 bits per heavy atom. The molecule has 1 aromatic heterocycles. The van der Waals surface area contributed by atoms with E-state index in [0.29, 0.717) is 13.0 Å². The quantitative estimate of drug-likeness (QED) is 0.854. The molecule has 0 aliphatic carbocycles. The van der Waals surface area contributed by atoms with E-state index in [9.17, 15) is 14.7 Å². The molecule has 6 heteroatoms. The average Bonchev–Trinajstić information content (AvgIpc) is 2.88. The number of aryl methyl sites for hydroxylation is 2. The first-order chi connectivity index (χ1) is 8.86. The second-order valence-electron chi connectivity index (χ2n) is 5.32. The van der Waals surface area contributed by atoms with Crippen LogP contribution >= 0.6 is 0 Å². The smallest absolute Gasteiger partial charge is 0.329 e. The summed E-state index contributed by atoms with van der Waals surface area (Å²) >= 11 is 0. The van der Waals surface area contributed by atoms with Crippen molar-refractivity contribution in [1.82, 2.24) is 15.1 Å². The highest BCUT2D eigenvalue weighted by Crippen LogP contribution is 2.30. The Morgan fingerprint density at radius 3 is 2.68 bits per heavy atom. The summed E-state index contributed by atoms with van der Waals surface area (Å²) in [5, 5.41) is 16.2. The van der Waals surface area contributed by atoms with Crippen LogP contribution in [0.1, 0.15) is 36.7 Å². The average molecular weight is 265 g/mol. The minimum atomic E-state index is -1.07. The summed E-state index contributed by atoms with van der Waals surface area (Å²) in [5.74, 6) is -1.08. The first kappa shape index (κ1) is 13.6. The predicted molar refractivity (Wildman–Crippen MR) is 68.8 cm³/mol. The molecule has 1 amide bonds. The van der Waals surface area contributed by atoms with E-state index in [1.54, 1.807) is 6.92 Å². The molecule has 1 aliphatic heterocycles. The number of rotatable bonds is 3. The van der Waals surface area contributed by atoms with Crippen LogP contribution in [0.15, 0.2) is 0 Å². The van der Waals surface area contributed by atoms with E-state index in [1.165, 1.54) is 4.90 Å². The number of amides is 1. The second-order valence-corrected chi connectivity index (χ2v) is 5.32. The Bertz CT molecular complexity index is 504. The molecule has 1 aromatic rings. The number of hydrogen-bond acceptors (Lipinski definition) is 3. The van der Waals surface area contributed by atoms with Crippen molar-refractivity contribution in [2.45, 2.75) is 45.6 Å². The van der Waals surface area contributed by atoms with E-state index in [1.807, 2.05) is 13.8 Å². The highest BCUT2D eigenvalue weighted by atomic mass is 16.4. The van der Waals surface area contributed by atoms with Gasteiger partial charge in [0.05, 0.1) is 12.1 Å². The molecule has 0 radical (unpaired) electrons. The number of aromatic amines is 1. The number of carboxylic acid groups (broad SMARTS) is 1. The second kappa shape index (κ2) is 4.68. The van der Waals surface area contributed by atoms with Gasteiger partial charge in [-0.25, -0.2) is 4.79 Å². The third kappa shape index (κ3) is 2.22. The van der Waals surface area contributed by atoms with E-state index < -0.39 is 11.5 Å². The molecule has 104 valence electrons. The molecule has 2 rings (SSSR count). The molecule has 2 N–H and O–H groups in total. The van der Waals surface area contributed by atoms with E-state index in [2.05, 4.69) is 10.2 Å². The van der Waals surface area contributed by atoms with Gasteiger partial charge in [-0.2, -0.15) is 5.10 Å². The van der Waals surface area contributed by atoms with Gasteiger partial charge in [-0.15, -0.1) is 0 Å². The van der Waals surface area contributed by atoms with Gasteiger partial charge >= 0.3 is 5.97 Å². The summed E-state index contributed by atoms with van der Waals surface area (Å²) in [6.07, 6.45) is 1.45. The lowest BCUT2D eigenvalue weighted by Crippen LogP contribution is -2.51. The van der Waals surface area contributed by atoms with E-state index in [-0.39, 0.29) is 12.3 Å². The summed E-state index contributed by atoms with van der Waals surface area (Å²) in [7, 11) is 0. The largest absolute Gasteiger partial charge is 0.480 e. The summed E-state index contributed by atoms with van der Waals surface area (Å²) < 4.78 is 0. The first-order valence-electron chi connectivity index (χ1n) is 6.40. The van der Waals surface area contributed by atoms with Gasteiger partial charge < -0.3 is 10.0 Å². The van der Waals surface area contributed by atoms with Crippen LogP contribution in [0, 0.1) is 13.8 Å². The molecule has 1 unspecified atom stereocenters. The van der Waals surface area contributed by atoms with Gasteiger partial charge in [-0.05, 0) is 33.6 Å². The number of H-pyrrole nitrogens is 1. The van der Waals surface area contributed by atoms with Crippen molar-refractivity contribution in [1.29, 1.82) is 0 Å². The SMILES string of the molecule is Cc1n[nH]c(C)c1CC(=O)N1CCCC1(C)C(=O)O. The molecule has 2 heterocycles. The van der Waals surface area contributed by atoms with Crippen LogP contribution in [-0.4, -0.2) is 44.2 Å². The number of likely N-dealkylation sites (tertiary alicyclic amines) is 1. The van der Waals surface area contributed by atoms with E-state index >= 15 is 0 Å². The fourth-order valence-corrected chi connectivity index (χ4v) is 2.67. The molecular formula is C13H19N3O3. The molecule has 1 saturated heterocycles. The third-order valence-corrected chi connectivity index (χ3v) is 4.01. The molecule has 6 nitrogen and oxygen atoms in total. The fourth-order valence-electron chi connectivity index (χ4n) is 2.67. The first-order valence-corrected chi connectivity index (χ1v) is 6.40. The Labute approximate surface area is 111 Å². The maximum atomic E-state index is 12.4. The number of carboxylic acids is 1. The molecule has 0 bridgehead atoms. The van der Waals surface area contributed by atoms with Gasteiger partial charge in [0, 0.05) is 17.8 Å². The molecule has 0 aromatic carbocycles. The highest BCUT2D eigenvalue weighted by molar-refractivity contribution is 5.88. The summed E-state index contributed by atoms with van der Waals surface area (Å²) in [6.45, 7) is 5.84. The maximum absolute atomic E-state index is 12.4. The third-order valence-electron chi connectivity index (χ3n) is 4.01. The van der Waals surface area contributed by atoms with Crippen LogP contribution in [0.5, 0.6) is 0 Å². The molecule has 1 fully saturated rings. The number of hydrogen-bond donors (Lipinski definition) is 2. The zero-order valence-electron chi connectivity index (χ0n) is 11.5. The van der Waals surface area contributed by atoms with E-state index in [4.69, 9.17) is 0 Å². The number of carbonyl (C=O) groups is 2. The van der Waals surface area contributed by atoms with Crippen LogP contribution in [0.2, 0.25) is 0 Å². The van der Waals surface area contributed by atoms with Crippen LogP contribution in [0.25, 0.3) is 0 Å². The molecule has 0 spiro atoms. The van der Waals surface area contributed by atoms with Crippen molar-refractivity contribution in [3.63, 3.8) is 0 Å². The normalized spacial score (nSPS) is 22.8. The van der Waals surface area contributed by atoms with Crippen LogP contribution in [-0.2, 0) is 16.0 Å². The van der Waals surface area contributed by atoms with Crippen molar-refractivity contribution in [2.24, 2.45) is 0 Å². The molecule has 0 saturated carbocycles. The van der Waals surface area contributed by atoms with Crippen molar-refractivity contribution < 1.29 is 14.7 Å². The summed E-state index contributed by atoms with van der Waals surface area (Å²) in [6, 6.07) is 0. The Morgan fingerprint density at radius 1 is 1.47 bits per heavy atom. The molecular weight excluding hydrogens is 246 g/mol. The van der Waals surface area contributed by atoms with E-state index in [0.717, 1.165) is 23.4 Å².